The van der Waals surface area contributed by atoms with E-state index in [2.05, 4.69) is 15.4 Å². The van der Waals surface area contributed by atoms with Crippen LogP contribution in [-0.2, 0) is 11.3 Å². The van der Waals surface area contributed by atoms with Crippen LogP contribution in [0, 0.1) is 0 Å². The van der Waals surface area contributed by atoms with Gasteiger partial charge in [-0.15, -0.1) is 0 Å². The number of allylic oxidation sites excluding steroid dienone is 2. The molecule has 0 aromatic carbocycles. The molecule has 1 heterocycles. The molecule has 1 saturated carbocycles. The predicted octanol–water partition coefficient (Wildman–Crippen LogP) is 2.90. The van der Waals surface area contributed by atoms with Gasteiger partial charge in [0.15, 0.2) is 0 Å². The number of aliphatic imine (C=N–C) groups is 1. The van der Waals surface area contributed by atoms with E-state index in [1.54, 1.807) is 6.92 Å². The Labute approximate surface area is 172 Å². The molecule has 0 atom stereocenters. The van der Waals surface area contributed by atoms with E-state index in [0.29, 0.717) is 44.5 Å². The summed E-state index contributed by atoms with van der Waals surface area (Å²) in [6.07, 6.45) is 0.211. The molecule has 11 heteroatoms. The number of nitrogens with two attached hydrogens (primary N) is 2. The summed E-state index contributed by atoms with van der Waals surface area (Å²) >= 11 is 0. The Bertz CT molecular complexity index is 842. The van der Waals surface area contributed by atoms with Crippen molar-refractivity contribution in [3.8, 4) is 0 Å². The molecule has 0 radical (unpaired) electrons. The minimum Gasteiger partial charge on any atom is -0.394 e. The van der Waals surface area contributed by atoms with E-state index in [9.17, 15) is 22.8 Å². The summed E-state index contributed by atoms with van der Waals surface area (Å²) in [5, 5.41) is 6.62. The number of halogens is 3. The molecule has 0 saturated heterocycles. The standard InChI is InChI=1S/C19H27F3N6O2/c1-2-28-16(18(24)30)14(11-26-28)27-15(29)9-5-6-10-25-13-8-4-3-7-12(13)17(23)19(20,21)22/h11H,2-10,23H2,1H3,(H2,24,30)(H,27,29). The van der Waals surface area contributed by atoms with Crippen LogP contribution in [0.25, 0.3) is 0 Å². The molecular formula is C19H27F3N6O2. The fourth-order valence-corrected chi connectivity index (χ4v) is 3.33. The van der Waals surface area contributed by atoms with Gasteiger partial charge in [0.1, 0.15) is 11.4 Å². The minimum absolute atomic E-state index is 0.0958. The number of nitrogens with zero attached hydrogens (tertiary/aromatic N) is 3. The van der Waals surface area contributed by atoms with Gasteiger partial charge >= 0.3 is 6.18 Å². The van der Waals surface area contributed by atoms with E-state index < -0.39 is 17.8 Å². The van der Waals surface area contributed by atoms with Crippen molar-refractivity contribution in [3.63, 3.8) is 0 Å². The molecule has 1 fully saturated rings. The molecule has 8 nitrogen and oxygen atoms in total. The topological polar surface area (TPSA) is 128 Å². The summed E-state index contributed by atoms with van der Waals surface area (Å²) in [4.78, 5) is 28.0. The lowest BCUT2D eigenvalue weighted by Crippen LogP contribution is -2.26. The van der Waals surface area contributed by atoms with E-state index >= 15 is 0 Å². The molecule has 0 aliphatic heterocycles. The van der Waals surface area contributed by atoms with Crippen LogP contribution in [0.1, 0.15) is 62.4 Å². The summed E-state index contributed by atoms with van der Waals surface area (Å²) in [6.45, 7) is 2.54. The van der Waals surface area contributed by atoms with Crippen LogP contribution in [-0.4, -0.2) is 40.0 Å². The molecule has 1 aliphatic rings. The summed E-state index contributed by atoms with van der Waals surface area (Å²) in [5.74, 6) is -0.990. The quantitative estimate of drug-likeness (QED) is 0.550. The second kappa shape index (κ2) is 10.3. The second-order valence-corrected chi connectivity index (χ2v) is 7.02. The highest BCUT2D eigenvalue weighted by molar-refractivity contribution is 6.02. The molecule has 30 heavy (non-hydrogen) atoms. The fraction of sp³-hybridized carbons (Fsp3) is 0.579. The molecule has 2 rings (SSSR count). The highest BCUT2D eigenvalue weighted by Gasteiger charge is 2.35. The van der Waals surface area contributed by atoms with E-state index in [4.69, 9.17) is 11.5 Å². The summed E-state index contributed by atoms with van der Waals surface area (Å²) in [5.41, 5.74) is 10.5. The Kier molecular flexibility index (Phi) is 8.01. The van der Waals surface area contributed by atoms with Gasteiger partial charge in [-0.05, 0) is 45.4 Å². The number of amides is 2. The van der Waals surface area contributed by atoms with Crippen LogP contribution in [0.2, 0.25) is 0 Å². The van der Waals surface area contributed by atoms with Crippen molar-refractivity contribution in [1.82, 2.24) is 9.78 Å². The van der Waals surface area contributed by atoms with Crippen LogP contribution in [0.3, 0.4) is 0 Å². The van der Waals surface area contributed by atoms with Crippen molar-refractivity contribution in [2.45, 2.75) is 64.6 Å². The molecular weight excluding hydrogens is 401 g/mol. The second-order valence-electron chi connectivity index (χ2n) is 7.02. The zero-order valence-corrected chi connectivity index (χ0v) is 16.9. The first-order chi connectivity index (χ1) is 14.1. The molecule has 1 aromatic rings. The van der Waals surface area contributed by atoms with Crippen LogP contribution in [0.4, 0.5) is 18.9 Å². The smallest absolute Gasteiger partial charge is 0.394 e. The Morgan fingerprint density at radius 1 is 1.23 bits per heavy atom. The van der Waals surface area contributed by atoms with Gasteiger partial charge in [0.05, 0.1) is 11.9 Å². The molecule has 0 spiro atoms. The molecule has 2 amide bonds. The van der Waals surface area contributed by atoms with Gasteiger partial charge in [-0.25, -0.2) is 0 Å². The van der Waals surface area contributed by atoms with Gasteiger partial charge in [-0.2, -0.15) is 18.3 Å². The largest absolute Gasteiger partial charge is 0.431 e. The molecule has 5 N–H and O–H groups in total. The maximum Gasteiger partial charge on any atom is 0.431 e. The van der Waals surface area contributed by atoms with Crippen molar-refractivity contribution in [1.29, 1.82) is 0 Å². The average Bonchev–Trinajstić information content (AvgIpc) is 3.09. The van der Waals surface area contributed by atoms with Gasteiger partial charge in [0.25, 0.3) is 5.91 Å². The number of rotatable bonds is 8. The monoisotopic (exact) mass is 428 g/mol. The average molecular weight is 428 g/mol. The van der Waals surface area contributed by atoms with Crippen LogP contribution >= 0.6 is 0 Å². The summed E-state index contributed by atoms with van der Waals surface area (Å²) in [6, 6.07) is 0. The maximum absolute atomic E-state index is 12.9. The first-order valence-corrected chi connectivity index (χ1v) is 9.90. The minimum atomic E-state index is -4.55. The van der Waals surface area contributed by atoms with Crippen molar-refractivity contribution in [2.24, 2.45) is 16.5 Å². The lowest BCUT2D eigenvalue weighted by atomic mass is 9.91. The van der Waals surface area contributed by atoms with Crippen molar-refractivity contribution >= 4 is 23.2 Å². The fourth-order valence-electron chi connectivity index (χ4n) is 3.33. The normalized spacial score (nSPS) is 17.8. The maximum atomic E-state index is 12.9. The van der Waals surface area contributed by atoms with Crippen molar-refractivity contribution in [2.75, 3.05) is 11.9 Å². The van der Waals surface area contributed by atoms with Crippen LogP contribution in [0.15, 0.2) is 22.5 Å². The van der Waals surface area contributed by atoms with E-state index in [1.165, 1.54) is 10.9 Å². The molecule has 0 unspecified atom stereocenters. The van der Waals surface area contributed by atoms with Crippen molar-refractivity contribution < 1.29 is 22.8 Å². The number of nitrogens with one attached hydrogen (secondary N) is 1. The van der Waals surface area contributed by atoms with Gasteiger partial charge in [-0.3, -0.25) is 19.3 Å². The molecule has 0 bridgehead atoms. The highest BCUT2D eigenvalue weighted by Crippen LogP contribution is 2.30. The third-order valence-corrected chi connectivity index (χ3v) is 4.83. The zero-order valence-electron chi connectivity index (χ0n) is 16.9. The van der Waals surface area contributed by atoms with Crippen molar-refractivity contribution in [3.05, 3.63) is 23.2 Å². The van der Waals surface area contributed by atoms with Crippen LogP contribution < -0.4 is 16.8 Å². The third-order valence-electron chi connectivity index (χ3n) is 4.83. The Hall–Kier alpha value is -2.85. The van der Waals surface area contributed by atoms with Gasteiger partial charge < -0.3 is 16.8 Å². The van der Waals surface area contributed by atoms with Gasteiger partial charge in [0, 0.05) is 30.8 Å². The molecule has 166 valence electrons. The molecule has 1 aliphatic carbocycles. The highest BCUT2D eigenvalue weighted by atomic mass is 19.4. The van der Waals surface area contributed by atoms with E-state index in [-0.39, 0.29) is 35.7 Å². The predicted molar refractivity (Wildman–Crippen MR) is 107 cm³/mol. The number of hydrogen-bond donors (Lipinski definition) is 3. The first kappa shape index (κ1) is 23.4. The number of aryl methyl sites for hydroxylation is 1. The van der Waals surface area contributed by atoms with Gasteiger partial charge in [-0.1, -0.05) is 0 Å². The number of hydrogen-bond acceptors (Lipinski definition) is 5. The molecule has 1 aromatic heterocycles. The Morgan fingerprint density at radius 2 is 1.93 bits per heavy atom. The van der Waals surface area contributed by atoms with E-state index in [1.807, 2.05) is 0 Å². The number of primary amides is 1. The lowest BCUT2D eigenvalue weighted by molar-refractivity contribution is -0.116. The Morgan fingerprint density at radius 3 is 2.57 bits per heavy atom. The van der Waals surface area contributed by atoms with E-state index in [0.717, 1.165) is 6.42 Å². The third kappa shape index (κ3) is 6.07. The summed E-state index contributed by atoms with van der Waals surface area (Å²) < 4.78 is 40.1. The summed E-state index contributed by atoms with van der Waals surface area (Å²) in [7, 11) is 0. The number of carbonyl (C=O) groups excluding carboxylic acids is 2. The number of anilines is 1. The SMILES string of the molecule is CCn1ncc(NC(=O)CCCCN=C2CCCCC2=C(N)C(F)(F)F)c1C(N)=O. The first-order valence-electron chi connectivity index (χ1n) is 9.90. The van der Waals surface area contributed by atoms with Gasteiger partial charge in [0.2, 0.25) is 5.91 Å². The number of carbonyl (C=O) groups is 2. The lowest BCUT2D eigenvalue weighted by Gasteiger charge is -2.20. The Balaban J connectivity index is 1.87. The number of aromatic nitrogens is 2. The van der Waals surface area contributed by atoms with Crippen LogP contribution in [0.5, 0.6) is 0 Å². The number of unbranched alkanes of at least 4 members (excludes halogenated alkanes) is 1. The number of alkyl halides is 3. The zero-order chi connectivity index (χ0) is 22.3.